The van der Waals surface area contributed by atoms with E-state index in [9.17, 15) is 22.4 Å². The van der Waals surface area contributed by atoms with Gasteiger partial charge in [0.1, 0.15) is 11.9 Å². The Morgan fingerprint density at radius 1 is 1.29 bits per heavy atom. The number of hydrogen-bond acceptors (Lipinski definition) is 9. The highest BCUT2D eigenvalue weighted by Crippen LogP contribution is 2.39. The van der Waals surface area contributed by atoms with Gasteiger partial charge in [0, 0.05) is 50.2 Å². The lowest BCUT2D eigenvalue weighted by Gasteiger charge is -2.21. The predicted molar refractivity (Wildman–Crippen MR) is 155 cm³/mol. The Balaban J connectivity index is 1.57. The lowest BCUT2D eigenvalue weighted by molar-refractivity contribution is -0.137. The highest BCUT2D eigenvalue weighted by atomic mass is 32.1. The maximum Gasteiger partial charge on any atom is 0.416 e. The number of likely N-dealkylation sites (tertiary alicyclic amines) is 1. The first kappa shape index (κ1) is 31.1. The lowest BCUT2D eigenvalue weighted by atomic mass is 10.0. The van der Waals surface area contributed by atoms with E-state index in [1.807, 2.05) is 6.92 Å². The Morgan fingerprint density at radius 3 is 2.67 bits per heavy atom. The highest BCUT2D eigenvalue weighted by molar-refractivity contribution is 7.16. The number of methoxy groups -OCH3 is 1. The van der Waals surface area contributed by atoms with Gasteiger partial charge >= 0.3 is 6.18 Å². The van der Waals surface area contributed by atoms with Crippen LogP contribution in [0, 0.1) is 6.92 Å². The van der Waals surface area contributed by atoms with Gasteiger partial charge in [-0.3, -0.25) is 9.69 Å². The first-order chi connectivity index (χ1) is 19.9. The monoisotopic (exact) mass is 607 g/mol. The maximum absolute atomic E-state index is 13.8. The number of aromatic nitrogens is 1. The molecule has 2 heterocycles. The molecule has 0 radical (unpaired) electrons. The quantitative estimate of drug-likeness (QED) is 0.145. The molecule has 1 aliphatic heterocycles. The fraction of sp³-hybridized carbons (Fsp3) is 0.357. The summed E-state index contributed by atoms with van der Waals surface area (Å²) in [5, 5.41) is 7.60. The molecule has 0 bridgehead atoms. The van der Waals surface area contributed by atoms with Gasteiger partial charge in [0.05, 0.1) is 35.5 Å². The second kappa shape index (κ2) is 13.0. The Hall–Kier alpha value is -3.88. The summed E-state index contributed by atoms with van der Waals surface area (Å²) >= 11 is 1.36. The summed E-state index contributed by atoms with van der Waals surface area (Å²) in [7, 11) is 3.07. The van der Waals surface area contributed by atoms with Crippen molar-refractivity contribution >= 4 is 33.8 Å². The summed E-state index contributed by atoms with van der Waals surface area (Å²) in [5.41, 5.74) is 7.47. The van der Waals surface area contributed by atoms with E-state index >= 15 is 0 Å². The number of benzene rings is 2. The number of thiazole rings is 1. The molecule has 1 amide bonds. The van der Waals surface area contributed by atoms with E-state index in [4.69, 9.17) is 16.3 Å². The molecule has 1 saturated heterocycles. The standard InChI is InChI=1S/C28H33F4N7O2S/c1-16-4-5-17(8-18(16)13-39(34)15-22(33)24-11-36-27(35-2)42-24)26(40)37-23-10-20(28(30,31)32)9-19(25(23)41-3)12-38-7-6-21(29)14-38/h4-5,8-11,15,21H,6-7,12-14,33-34H2,1-3H3,(H,35,36)(H,37,40)/b22-15-. The fourth-order valence-electron chi connectivity index (χ4n) is 4.66. The van der Waals surface area contributed by atoms with Crippen LogP contribution in [0.2, 0.25) is 0 Å². The molecular formula is C28H33F4N7O2S. The van der Waals surface area contributed by atoms with Crippen LogP contribution in [-0.2, 0) is 19.3 Å². The number of nitrogens with zero attached hydrogens (tertiary/aromatic N) is 3. The third-order valence-electron chi connectivity index (χ3n) is 6.83. The largest absolute Gasteiger partial charge is 0.494 e. The fourth-order valence-corrected chi connectivity index (χ4v) is 5.35. The minimum absolute atomic E-state index is 0.0475. The van der Waals surface area contributed by atoms with Gasteiger partial charge in [-0.25, -0.2) is 15.2 Å². The van der Waals surface area contributed by atoms with E-state index in [1.54, 1.807) is 42.5 Å². The average molecular weight is 608 g/mol. The van der Waals surface area contributed by atoms with Gasteiger partial charge in [-0.05, 0) is 48.7 Å². The van der Waals surface area contributed by atoms with Crippen LogP contribution in [0.15, 0.2) is 42.7 Å². The van der Waals surface area contributed by atoms with E-state index in [1.165, 1.54) is 23.5 Å². The number of rotatable bonds is 10. The molecule has 14 heteroatoms. The van der Waals surface area contributed by atoms with Crippen molar-refractivity contribution in [3.05, 3.63) is 75.4 Å². The van der Waals surface area contributed by atoms with Crippen molar-refractivity contribution in [1.29, 1.82) is 0 Å². The topological polar surface area (TPSA) is 122 Å². The van der Waals surface area contributed by atoms with E-state index in [0.29, 0.717) is 29.4 Å². The third kappa shape index (κ3) is 7.49. The molecule has 4 rings (SSSR count). The number of carbonyl (C=O) groups excluding carboxylic acids is 1. The Morgan fingerprint density at radius 2 is 2.05 bits per heavy atom. The molecule has 1 fully saturated rings. The number of amides is 1. The molecule has 0 spiro atoms. The number of hydrazine groups is 1. The van der Waals surface area contributed by atoms with Crippen molar-refractivity contribution in [3.8, 4) is 5.75 Å². The number of aryl methyl sites for hydroxylation is 1. The van der Waals surface area contributed by atoms with E-state index in [0.717, 1.165) is 22.6 Å². The minimum Gasteiger partial charge on any atom is -0.494 e. The van der Waals surface area contributed by atoms with Crippen LogP contribution in [-0.4, -0.2) is 54.2 Å². The van der Waals surface area contributed by atoms with Gasteiger partial charge in [-0.2, -0.15) is 13.2 Å². The van der Waals surface area contributed by atoms with Gasteiger partial charge in [0.2, 0.25) is 0 Å². The van der Waals surface area contributed by atoms with Crippen molar-refractivity contribution in [2.45, 2.75) is 38.8 Å². The summed E-state index contributed by atoms with van der Waals surface area (Å²) in [5.74, 6) is 5.64. The molecule has 3 aromatic rings. The summed E-state index contributed by atoms with van der Waals surface area (Å²) < 4.78 is 60.6. The van der Waals surface area contributed by atoms with Crippen LogP contribution in [0.3, 0.4) is 0 Å². The predicted octanol–water partition coefficient (Wildman–Crippen LogP) is 4.95. The van der Waals surface area contributed by atoms with Crippen LogP contribution in [0.25, 0.3) is 5.70 Å². The van der Waals surface area contributed by atoms with Gasteiger partial charge in [-0.1, -0.05) is 17.4 Å². The zero-order valence-corrected chi connectivity index (χ0v) is 24.2. The SMILES string of the molecule is CNc1ncc(/C(N)=C/N(N)Cc2cc(C(=O)Nc3cc(C(F)(F)F)cc(CN4CCC(F)C4)c3OC)ccc2C)s1. The van der Waals surface area contributed by atoms with E-state index in [-0.39, 0.29) is 42.2 Å². The molecule has 1 aliphatic rings. The van der Waals surface area contributed by atoms with Crippen LogP contribution < -0.4 is 26.9 Å². The lowest BCUT2D eigenvalue weighted by Crippen LogP contribution is -2.26. The van der Waals surface area contributed by atoms with E-state index in [2.05, 4.69) is 15.6 Å². The molecule has 42 heavy (non-hydrogen) atoms. The number of anilines is 2. The van der Waals surface area contributed by atoms with Gasteiger partial charge in [0.25, 0.3) is 5.91 Å². The number of alkyl halides is 4. The number of ether oxygens (including phenoxy) is 1. The molecule has 0 aliphatic carbocycles. The third-order valence-corrected chi connectivity index (χ3v) is 7.89. The van der Waals surface area contributed by atoms with E-state index < -0.39 is 23.8 Å². The zero-order valence-electron chi connectivity index (χ0n) is 23.4. The number of hydrogen-bond donors (Lipinski definition) is 4. The van der Waals surface area contributed by atoms with Crippen molar-refractivity contribution in [1.82, 2.24) is 14.9 Å². The molecule has 0 saturated carbocycles. The first-order valence-corrected chi connectivity index (χ1v) is 13.9. The molecule has 2 aromatic carbocycles. The van der Waals surface area contributed by atoms with Gasteiger partial charge < -0.3 is 26.1 Å². The summed E-state index contributed by atoms with van der Waals surface area (Å²) in [6.45, 7) is 2.63. The summed E-state index contributed by atoms with van der Waals surface area (Å²) in [6, 6.07) is 6.73. The van der Waals surface area contributed by atoms with Crippen molar-refractivity contribution in [2.75, 3.05) is 37.9 Å². The molecule has 6 N–H and O–H groups in total. The Bertz CT molecular complexity index is 1460. The van der Waals surface area contributed by atoms with Crippen LogP contribution in [0.1, 0.15) is 43.9 Å². The first-order valence-electron chi connectivity index (χ1n) is 13.1. The smallest absolute Gasteiger partial charge is 0.416 e. The highest BCUT2D eigenvalue weighted by Gasteiger charge is 2.33. The van der Waals surface area contributed by atoms with Crippen LogP contribution in [0.5, 0.6) is 5.75 Å². The summed E-state index contributed by atoms with van der Waals surface area (Å²) in [6.07, 6.45) is -2.21. The van der Waals surface area contributed by atoms with Crippen molar-refractivity contribution in [3.63, 3.8) is 0 Å². The van der Waals surface area contributed by atoms with Gasteiger partial charge in [-0.15, -0.1) is 0 Å². The second-order valence-corrected chi connectivity index (χ2v) is 11.0. The molecule has 9 nitrogen and oxygen atoms in total. The minimum atomic E-state index is -4.67. The number of nitrogens with one attached hydrogen (secondary N) is 2. The molecule has 1 unspecified atom stereocenters. The average Bonchev–Trinajstić information content (AvgIpc) is 3.58. The van der Waals surface area contributed by atoms with Gasteiger partial charge in [0.15, 0.2) is 5.13 Å². The normalized spacial score (nSPS) is 16.0. The molecule has 1 atom stereocenters. The van der Waals surface area contributed by atoms with Crippen molar-refractivity contribution in [2.24, 2.45) is 11.6 Å². The molecule has 226 valence electrons. The number of halogens is 4. The van der Waals surface area contributed by atoms with Crippen LogP contribution in [0.4, 0.5) is 28.4 Å². The number of nitrogens with two attached hydrogens (primary N) is 2. The number of carbonyl (C=O) groups is 1. The zero-order chi connectivity index (χ0) is 30.6. The second-order valence-electron chi connectivity index (χ2n) is 9.97. The summed E-state index contributed by atoms with van der Waals surface area (Å²) in [4.78, 5) is 19.9. The molecule has 1 aromatic heterocycles. The Labute approximate surface area is 245 Å². The van der Waals surface area contributed by atoms with Crippen LogP contribution >= 0.6 is 11.3 Å². The molecular weight excluding hydrogens is 574 g/mol. The Kier molecular flexibility index (Phi) is 9.59. The maximum atomic E-state index is 13.8. The van der Waals surface area contributed by atoms with Crippen molar-refractivity contribution < 1.29 is 27.1 Å².